The molecule has 0 unspecified atom stereocenters. The number of aryl methyl sites for hydroxylation is 1. The first-order valence-electron chi connectivity index (χ1n) is 6.17. The summed E-state index contributed by atoms with van der Waals surface area (Å²) >= 11 is 0. The second-order valence-corrected chi connectivity index (χ2v) is 6.58. The van der Waals surface area contributed by atoms with Gasteiger partial charge >= 0.3 is 0 Å². The van der Waals surface area contributed by atoms with Crippen molar-refractivity contribution in [3.05, 3.63) is 23.8 Å². The Morgan fingerprint density at radius 1 is 1.17 bits per heavy atom. The van der Waals surface area contributed by atoms with Crippen LogP contribution in [0.2, 0.25) is 0 Å². The number of benzene rings is 1. The lowest BCUT2D eigenvalue weighted by molar-refractivity contribution is 0.283. The fraction of sp³-hybridized carbons (Fsp3) is 0.538. The Kier molecular flexibility index (Phi) is 5.62. The maximum Gasteiger partial charge on any atom is 0.180 e. The molecule has 18 heavy (non-hydrogen) atoms. The molecule has 0 aromatic heterocycles. The van der Waals surface area contributed by atoms with Crippen molar-refractivity contribution in [2.24, 2.45) is 0 Å². The first-order valence-corrected chi connectivity index (χ1v) is 7.82. The van der Waals surface area contributed by atoms with Gasteiger partial charge in [0.2, 0.25) is 0 Å². The molecular formula is C13H21NO3S. The summed E-state index contributed by atoms with van der Waals surface area (Å²) < 4.78 is 24.2. The third-order valence-electron chi connectivity index (χ3n) is 2.83. The van der Waals surface area contributed by atoms with Gasteiger partial charge in [0.25, 0.3) is 0 Å². The Morgan fingerprint density at radius 3 is 2.50 bits per heavy atom. The highest BCUT2D eigenvalue weighted by Gasteiger charge is 2.17. The Bertz CT molecular complexity index is 483. The molecule has 0 saturated carbocycles. The summed E-state index contributed by atoms with van der Waals surface area (Å²) in [5.74, 6) is 0.117. The molecule has 0 bridgehead atoms. The highest BCUT2D eigenvalue weighted by atomic mass is 32.2. The molecule has 0 spiro atoms. The molecule has 4 nitrogen and oxygen atoms in total. The summed E-state index contributed by atoms with van der Waals surface area (Å²) in [6.07, 6.45) is 3.00. The topological polar surface area (TPSA) is 80.4 Å². The van der Waals surface area contributed by atoms with E-state index < -0.39 is 9.84 Å². The van der Waals surface area contributed by atoms with Crippen LogP contribution in [0.25, 0.3) is 0 Å². The molecule has 1 rings (SSSR count). The number of hydrogen-bond acceptors (Lipinski definition) is 4. The number of nitrogen functional groups attached to an aromatic ring is 1. The Labute approximate surface area is 109 Å². The number of unbranched alkanes of at least 4 members (excludes halogenated alkanes) is 3. The number of anilines is 1. The van der Waals surface area contributed by atoms with Crippen LogP contribution in [-0.2, 0) is 9.84 Å². The smallest absolute Gasteiger partial charge is 0.180 e. The van der Waals surface area contributed by atoms with E-state index in [1.165, 1.54) is 0 Å². The molecule has 0 aliphatic rings. The van der Waals surface area contributed by atoms with Crippen molar-refractivity contribution in [2.75, 3.05) is 18.1 Å². The number of sulfone groups is 1. The minimum atomic E-state index is -3.29. The van der Waals surface area contributed by atoms with E-state index in [2.05, 4.69) is 0 Å². The molecule has 0 radical (unpaired) electrons. The van der Waals surface area contributed by atoms with E-state index in [0.29, 0.717) is 12.1 Å². The molecule has 0 aliphatic carbocycles. The van der Waals surface area contributed by atoms with Gasteiger partial charge in [-0.3, -0.25) is 0 Å². The lowest BCUT2D eigenvalue weighted by atomic mass is 10.2. The summed E-state index contributed by atoms with van der Waals surface area (Å²) in [5, 5.41) is 8.64. The van der Waals surface area contributed by atoms with Crippen LogP contribution in [0.1, 0.15) is 31.2 Å². The minimum Gasteiger partial charge on any atom is -0.398 e. The second kappa shape index (κ2) is 6.75. The molecule has 0 atom stereocenters. The monoisotopic (exact) mass is 271 g/mol. The number of rotatable bonds is 7. The summed E-state index contributed by atoms with van der Waals surface area (Å²) in [5.41, 5.74) is 6.92. The number of aliphatic hydroxyl groups excluding tert-OH is 1. The molecule has 1 aromatic carbocycles. The van der Waals surface area contributed by atoms with E-state index >= 15 is 0 Å². The highest BCUT2D eigenvalue weighted by Crippen LogP contribution is 2.22. The number of hydrogen-bond donors (Lipinski definition) is 2. The molecule has 0 amide bonds. The SMILES string of the molecule is Cc1ccc(N)c(S(=O)(=O)CCCCCCO)c1. The molecular weight excluding hydrogens is 250 g/mol. The lowest BCUT2D eigenvalue weighted by Gasteiger charge is -2.08. The van der Waals surface area contributed by atoms with Crippen molar-refractivity contribution in [3.8, 4) is 0 Å². The Morgan fingerprint density at radius 2 is 1.83 bits per heavy atom. The van der Waals surface area contributed by atoms with Crippen LogP contribution in [0.5, 0.6) is 0 Å². The van der Waals surface area contributed by atoms with E-state index in [9.17, 15) is 8.42 Å². The zero-order valence-electron chi connectivity index (χ0n) is 10.7. The molecule has 3 N–H and O–H groups in total. The minimum absolute atomic E-state index is 0.117. The van der Waals surface area contributed by atoms with Gasteiger partial charge in [-0.25, -0.2) is 8.42 Å². The van der Waals surface area contributed by atoms with Gasteiger partial charge in [0, 0.05) is 6.61 Å². The van der Waals surface area contributed by atoms with Crippen LogP contribution in [0, 0.1) is 6.92 Å². The van der Waals surface area contributed by atoms with Crippen molar-refractivity contribution >= 4 is 15.5 Å². The van der Waals surface area contributed by atoms with Crippen molar-refractivity contribution in [1.29, 1.82) is 0 Å². The molecule has 0 fully saturated rings. The van der Waals surface area contributed by atoms with E-state index in [1.54, 1.807) is 18.2 Å². The predicted octanol–water partition coefficient (Wildman–Crippen LogP) is 1.90. The van der Waals surface area contributed by atoms with Crippen LogP contribution < -0.4 is 5.73 Å². The van der Waals surface area contributed by atoms with E-state index in [4.69, 9.17) is 10.8 Å². The third-order valence-corrected chi connectivity index (χ3v) is 4.68. The fourth-order valence-corrected chi connectivity index (χ4v) is 3.38. The van der Waals surface area contributed by atoms with Crippen molar-refractivity contribution in [2.45, 2.75) is 37.5 Å². The molecule has 5 heteroatoms. The molecule has 102 valence electrons. The lowest BCUT2D eigenvalue weighted by Crippen LogP contribution is -2.10. The average molecular weight is 271 g/mol. The number of aliphatic hydroxyl groups is 1. The van der Waals surface area contributed by atoms with Gasteiger partial charge in [0.05, 0.1) is 16.3 Å². The second-order valence-electron chi connectivity index (χ2n) is 4.50. The summed E-state index contributed by atoms with van der Waals surface area (Å²) in [6.45, 7) is 2.01. The van der Waals surface area contributed by atoms with Crippen LogP contribution in [-0.4, -0.2) is 25.9 Å². The van der Waals surface area contributed by atoms with Gasteiger partial charge < -0.3 is 10.8 Å². The normalized spacial score (nSPS) is 11.7. The van der Waals surface area contributed by atoms with Crippen molar-refractivity contribution in [1.82, 2.24) is 0 Å². The van der Waals surface area contributed by atoms with Gasteiger partial charge in [-0.05, 0) is 37.5 Å². The molecule has 0 saturated heterocycles. The van der Waals surface area contributed by atoms with Crippen LogP contribution in [0.15, 0.2) is 23.1 Å². The van der Waals surface area contributed by atoms with E-state index in [0.717, 1.165) is 24.8 Å². The first kappa shape index (κ1) is 15.0. The predicted molar refractivity (Wildman–Crippen MR) is 73.2 cm³/mol. The van der Waals surface area contributed by atoms with Crippen LogP contribution in [0.3, 0.4) is 0 Å². The van der Waals surface area contributed by atoms with Crippen LogP contribution in [0.4, 0.5) is 5.69 Å². The summed E-state index contributed by atoms with van der Waals surface area (Å²) in [4.78, 5) is 0.240. The van der Waals surface area contributed by atoms with Crippen molar-refractivity contribution < 1.29 is 13.5 Å². The maximum atomic E-state index is 12.1. The molecule has 0 aliphatic heterocycles. The van der Waals surface area contributed by atoms with Gasteiger partial charge in [-0.1, -0.05) is 18.9 Å². The molecule has 1 aromatic rings. The van der Waals surface area contributed by atoms with E-state index in [1.807, 2.05) is 6.92 Å². The Hall–Kier alpha value is -1.07. The standard InChI is InChI=1S/C13H21NO3S/c1-11-6-7-12(14)13(10-11)18(16,17)9-5-3-2-4-8-15/h6-7,10,15H,2-5,8-9,14H2,1H3. The van der Waals surface area contributed by atoms with Gasteiger partial charge in [0.15, 0.2) is 9.84 Å². The maximum absolute atomic E-state index is 12.1. The summed E-state index contributed by atoms with van der Waals surface area (Å²) in [6, 6.07) is 5.06. The Balaban J connectivity index is 2.66. The number of nitrogens with two attached hydrogens (primary N) is 1. The summed E-state index contributed by atoms with van der Waals surface area (Å²) in [7, 11) is -3.29. The van der Waals surface area contributed by atoms with Gasteiger partial charge in [-0.2, -0.15) is 0 Å². The quantitative estimate of drug-likeness (QED) is 0.586. The zero-order valence-corrected chi connectivity index (χ0v) is 11.5. The van der Waals surface area contributed by atoms with Crippen molar-refractivity contribution in [3.63, 3.8) is 0 Å². The molecule has 0 heterocycles. The third kappa shape index (κ3) is 4.31. The van der Waals surface area contributed by atoms with Gasteiger partial charge in [0.1, 0.15) is 0 Å². The average Bonchev–Trinajstić information content (AvgIpc) is 2.32. The van der Waals surface area contributed by atoms with Crippen LogP contribution >= 0.6 is 0 Å². The zero-order chi connectivity index (χ0) is 13.6. The highest BCUT2D eigenvalue weighted by molar-refractivity contribution is 7.91. The fourth-order valence-electron chi connectivity index (χ4n) is 1.78. The first-order chi connectivity index (χ1) is 8.47. The van der Waals surface area contributed by atoms with E-state index in [-0.39, 0.29) is 17.3 Å². The van der Waals surface area contributed by atoms with Gasteiger partial charge in [-0.15, -0.1) is 0 Å². The largest absolute Gasteiger partial charge is 0.398 e.